The molecular formula is C14H22N2O4S. The van der Waals surface area contributed by atoms with Gasteiger partial charge >= 0.3 is 0 Å². The second-order valence-corrected chi connectivity index (χ2v) is 7.17. The molecular weight excluding hydrogens is 292 g/mol. The molecule has 118 valence electrons. The summed E-state index contributed by atoms with van der Waals surface area (Å²) < 4.78 is 37.2. The van der Waals surface area contributed by atoms with Gasteiger partial charge in [-0.3, -0.25) is 4.98 Å². The van der Waals surface area contributed by atoms with Crippen LogP contribution in [0, 0.1) is 0 Å². The number of hydrogen-bond acceptors (Lipinski definition) is 5. The highest BCUT2D eigenvalue weighted by atomic mass is 32.2. The maximum Gasteiger partial charge on any atom is 0.214 e. The van der Waals surface area contributed by atoms with E-state index in [1.165, 1.54) is 4.31 Å². The summed E-state index contributed by atoms with van der Waals surface area (Å²) in [7, 11) is -1.64. The number of sulfonamides is 1. The summed E-state index contributed by atoms with van der Waals surface area (Å²) in [6.07, 6.45) is 4.47. The number of hydrogen-bond donors (Lipinski definition) is 0. The van der Waals surface area contributed by atoms with Crippen LogP contribution in [0.4, 0.5) is 0 Å². The molecule has 21 heavy (non-hydrogen) atoms. The molecule has 0 amide bonds. The van der Waals surface area contributed by atoms with Crippen LogP contribution < -0.4 is 4.74 Å². The zero-order valence-corrected chi connectivity index (χ0v) is 13.3. The van der Waals surface area contributed by atoms with Crippen molar-refractivity contribution >= 4 is 10.0 Å². The van der Waals surface area contributed by atoms with Gasteiger partial charge in [0, 0.05) is 19.9 Å². The Labute approximate surface area is 126 Å². The van der Waals surface area contributed by atoms with E-state index in [4.69, 9.17) is 9.47 Å². The smallest absolute Gasteiger partial charge is 0.214 e. The maximum atomic E-state index is 12.3. The highest BCUT2D eigenvalue weighted by molar-refractivity contribution is 7.89. The molecule has 1 saturated heterocycles. The zero-order chi connectivity index (χ0) is 15.3. The SMILES string of the molecule is CCCS(=O)(=O)N1C[C@H](OC)C[C@H]1COc1cccnc1. The Hall–Kier alpha value is -1.18. The van der Waals surface area contributed by atoms with Crippen molar-refractivity contribution in [1.82, 2.24) is 9.29 Å². The molecule has 0 N–H and O–H groups in total. The minimum absolute atomic E-state index is 0.0703. The van der Waals surface area contributed by atoms with E-state index in [0.29, 0.717) is 31.7 Å². The predicted octanol–water partition coefficient (Wildman–Crippen LogP) is 1.29. The fourth-order valence-electron chi connectivity index (χ4n) is 2.51. The van der Waals surface area contributed by atoms with Crippen molar-refractivity contribution in [2.75, 3.05) is 26.0 Å². The quantitative estimate of drug-likeness (QED) is 0.758. The third-order valence-corrected chi connectivity index (χ3v) is 5.64. The van der Waals surface area contributed by atoms with Gasteiger partial charge in [-0.15, -0.1) is 0 Å². The summed E-state index contributed by atoms with van der Waals surface area (Å²) in [5.74, 6) is 0.804. The van der Waals surface area contributed by atoms with Gasteiger partial charge in [0.2, 0.25) is 10.0 Å². The fraction of sp³-hybridized carbons (Fsp3) is 0.643. The van der Waals surface area contributed by atoms with Gasteiger partial charge in [0.1, 0.15) is 12.4 Å². The summed E-state index contributed by atoms with van der Waals surface area (Å²) in [5.41, 5.74) is 0. The van der Waals surface area contributed by atoms with Crippen LogP contribution in [0.1, 0.15) is 19.8 Å². The molecule has 6 nitrogen and oxygen atoms in total. The van der Waals surface area contributed by atoms with Crippen molar-refractivity contribution in [3.8, 4) is 5.75 Å². The van der Waals surface area contributed by atoms with E-state index >= 15 is 0 Å². The molecule has 1 aliphatic heterocycles. The average Bonchev–Trinajstić information content (AvgIpc) is 2.90. The van der Waals surface area contributed by atoms with E-state index in [2.05, 4.69) is 4.98 Å². The first kappa shape index (κ1) is 16.2. The Morgan fingerprint density at radius 3 is 2.90 bits per heavy atom. The Morgan fingerprint density at radius 2 is 2.29 bits per heavy atom. The fourth-order valence-corrected chi connectivity index (χ4v) is 4.25. The van der Waals surface area contributed by atoms with E-state index in [1.54, 1.807) is 31.6 Å². The first-order chi connectivity index (χ1) is 10.1. The number of methoxy groups -OCH3 is 1. The lowest BCUT2D eigenvalue weighted by molar-refractivity contribution is 0.113. The van der Waals surface area contributed by atoms with Crippen molar-refractivity contribution in [3.05, 3.63) is 24.5 Å². The first-order valence-electron chi connectivity index (χ1n) is 7.12. The van der Waals surface area contributed by atoms with Crippen molar-refractivity contribution in [2.45, 2.75) is 31.9 Å². The number of nitrogens with zero attached hydrogens (tertiary/aromatic N) is 2. The van der Waals surface area contributed by atoms with Crippen LogP contribution in [-0.2, 0) is 14.8 Å². The second kappa shape index (κ2) is 7.20. The molecule has 7 heteroatoms. The molecule has 1 aromatic rings. The number of rotatable bonds is 7. The summed E-state index contributed by atoms with van der Waals surface area (Å²) in [6, 6.07) is 3.40. The second-order valence-electron chi connectivity index (χ2n) is 5.13. The van der Waals surface area contributed by atoms with Crippen molar-refractivity contribution in [3.63, 3.8) is 0 Å². The molecule has 0 aromatic carbocycles. The standard InChI is InChI=1S/C14H22N2O4S/c1-3-7-21(17,18)16-10-14(19-2)8-12(16)11-20-13-5-4-6-15-9-13/h4-6,9,12,14H,3,7-8,10-11H2,1-2H3/t12-,14+/m0/s1. The molecule has 1 aromatic heterocycles. The Balaban J connectivity index is 2.04. The minimum Gasteiger partial charge on any atom is -0.490 e. The van der Waals surface area contributed by atoms with Gasteiger partial charge in [-0.1, -0.05) is 6.92 Å². The molecule has 0 aliphatic carbocycles. The van der Waals surface area contributed by atoms with Gasteiger partial charge in [0.05, 0.1) is 24.1 Å². The summed E-state index contributed by atoms with van der Waals surface area (Å²) >= 11 is 0. The average molecular weight is 314 g/mol. The number of aromatic nitrogens is 1. The van der Waals surface area contributed by atoms with Crippen LogP contribution in [0.3, 0.4) is 0 Å². The van der Waals surface area contributed by atoms with Gasteiger partial charge in [0.15, 0.2) is 0 Å². The predicted molar refractivity (Wildman–Crippen MR) is 79.7 cm³/mol. The monoisotopic (exact) mass is 314 g/mol. The van der Waals surface area contributed by atoms with Crippen LogP contribution >= 0.6 is 0 Å². The van der Waals surface area contributed by atoms with Crippen LogP contribution in [0.5, 0.6) is 5.75 Å². The zero-order valence-electron chi connectivity index (χ0n) is 12.4. The Kier molecular flexibility index (Phi) is 5.55. The van der Waals surface area contributed by atoms with Gasteiger partial charge in [-0.05, 0) is 25.0 Å². The molecule has 0 unspecified atom stereocenters. The Morgan fingerprint density at radius 1 is 1.48 bits per heavy atom. The van der Waals surface area contributed by atoms with Crippen molar-refractivity contribution in [1.29, 1.82) is 0 Å². The van der Waals surface area contributed by atoms with Crippen LogP contribution in [-0.4, -0.2) is 55.9 Å². The lowest BCUT2D eigenvalue weighted by Crippen LogP contribution is -2.40. The molecule has 0 radical (unpaired) electrons. The van der Waals surface area contributed by atoms with E-state index in [9.17, 15) is 8.42 Å². The molecule has 0 spiro atoms. The van der Waals surface area contributed by atoms with E-state index in [-0.39, 0.29) is 17.9 Å². The minimum atomic E-state index is -3.25. The molecule has 0 saturated carbocycles. The van der Waals surface area contributed by atoms with Gasteiger partial charge in [-0.2, -0.15) is 4.31 Å². The maximum absolute atomic E-state index is 12.3. The summed E-state index contributed by atoms with van der Waals surface area (Å²) in [4.78, 5) is 3.98. The third-order valence-electron chi connectivity index (χ3n) is 3.56. The number of pyridine rings is 1. The van der Waals surface area contributed by atoms with Gasteiger partial charge in [-0.25, -0.2) is 8.42 Å². The lowest BCUT2D eigenvalue weighted by atomic mass is 10.2. The third kappa shape index (κ3) is 4.15. The van der Waals surface area contributed by atoms with Crippen molar-refractivity contribution < 1.29 is 17.9 Å². The van der Waals surface area contributed by atoms with E-state index in [1.807, 2.05) is 6.92 Å². The topological polar surface area (TPSA) is 68.7 Å². The highest BCUT2D eigenvalue weighted by Crippen LogP contribution is 2.25. The van der Waals surface area contributed by atoms with Gasteiger partial charge in [0.25, 0.3) is 0 Å². The van der Waals surface area contributed by atoms with Crippen LogP contribution in [0.2, 0.25) is 0 Å². The molecule has 1 aliphatic rings. The van der Waals surface area contributed by atoms with Gasteiger partial charge < -0.3 is 9.47 Å². The molecule has 0 bridgehead atoms. The molecule has 2 heterocycles. The molecule has 2 rings (SSSR count). The van der Waals surface area contributed by atoms with Crippen molar-refractivity contribution in [2.24, 2.45) is 0 Å². The normalized spacial score (nSPS) is 23.3. The molecule has 1 fully saturated rings. The van der Waals surface area contributed by atoms with Crippen LogP contribution in [0.15, 0.2) is 24.5 Å². The van der Waals surface area contributed by atoms with Crippen LogP contribution in [0.25, 0.3) is 0 Å². The summed E-state index contributed by atoms with van der Waals surface area (Å²) in [6.45, 7) is 2.58. The Bertz CT molecular complexity index is 535. The number of ether oxygens (including phenoxy) is 2. The molecule has 2 atom stereocenters. The largest absolute Gasteiger partial charge is 0.490 e. The lowest BCUT2D eigenvalue weighted by Gasteiger charge is -2.23. The first-order valence-corrected chi connectivity index (χ1v) is 8.73. The van der Waals surface area contributed by atoms with E-state index in [0.717, 1.165) is 0 Å². The highest BCUT2D eigenvalue weighted by Gasteiger charge is 2.39. The summed E-state index contributed by atoms with van der Waals surface area (Å²) in [5, 5.41) is 0. The van der Waals surface area contributed by atoms with E-state index < -0.39 is 10.0 Å².